The van der Waals surface area contributed by atoms with Gasteiger partial charge in [0, 0.05) is 31.7 Å². The van der Waals surface area contributed by atoms with Crippen molar-refractivity contribution >= 4 is 17.3 Å². The van der Waals surface area contributed by atoms with Crippen molar-refractivity contribution in [2.75, 3.05) is 24.3 Å². The number of carbonyl (C=O) groups is 1. The molecule has 0 fully saturated rings. The Labute approximate surface area is 177 Å². The van der Waals surface area contributed by atoms with Crippen LogP contribution in [0.2, 0.25) is 0 Å². The molecule has 2 N–H and O–H groups in total. The van der Waals surface area contributed by atoms with Gasteiger partial charge in [0.15, 0.2) is 0 Å². The summed E-state index contributed by atoms with van der Waals surface area (Å²) < 4.78 is 0. The van der Waals surface area contributed by atoms with Crippen molar-refractivity contribution in [3.8, 4) is 6.07 Å². The predicted octanol–water partition coefficient (Wildman–Crippen LogP) is 4.48. The molecule has 3 aromatic rings. The van der Waals surface area contributed by atoms with Crippen LogP contribution < -0.4 is 15.5 Å². The summed E-state index contributed by atoms with van der Waals surface area (Å²) in [4.78, 5) is 14.8. The van der Waals surface area contributed by atoms with Crippen molar-refractivity contribution < 1.29 is 4.79 Å². The van der Waals surface area contributed by atoms with Gasteiger partial charge in [-0.1, -0.05) is 60.7 Å². The van der Waals surface area contributed by atoms with Crippen LogP contribution in [0.1, 0.15) is 17.2 Å². The summed E-state index contributed by atoms with van der Waals surface area (Å²) in [7, 11) is 3.94. The van der Waals surface area contributed by atoms with Gasteiger partial charge in [0.2, 0.25) is 0 Å². The third-order valence-corrected chi connectivity index (χ3v) is 4.67. The van der Waals surface area contributed by atoms with Crippen molar-refractivity contribution in [2.24, 2.45) is 0 Å². The number of hydrogen-bond acceptors (Lipinski definition) is 4. The van der Waals surface area contributed by atoms with E-state index in [2.05, 4.69) is 10.6 Å². The van der Waals surface area contributed by atoms with E-state index in [0.717, 1.165) is 22.5 Å². The monoisotopic (exact) mass is 396 g/mol. The maximum Gasteiger partial charge on any atom is 0.264 e. The molecular formula is C25H24N4O. The van der Waals surface area contributed by atoms with E-state index in [1.807, 2.05) is 110 Å². The van der Waals surface area contributed by atoms with Gasteiger partial charge in [0.1, 0.15) is 11.6 Å². The standard InChI is InChI=1S/C25H24N4O/c1-29(2)23-15-13-22(14-16-23)27-18-21(17-26)25(30)28-24(19-9-5-3-6-10-19)20-11-7-4-8-12-20/h3-16,18,24,27H,1-2H3,(H,28,30)/b21-18-. The smallest absolute Gasteiger partial charge is 0.264 e. The fourth-order valence-electron chi connectivity index (χ4n) is 3.02. The minimum Gasteiger partial charge on any atom is -0.378 e. The Balaban J connectivity index is 1.78. The normalized spacial score (nSPS) is 10.9. The zero-order chi connectivity index (χ0) is 21.3. The Kier molecular flexibility index (Phi) is 6.86. The predicted molar refractivity (Wildman–Crippen MR) is 121 cm³/mol. The van der Waals surface area contributed by atoms with E-state index < -0.39 is 5.91 Å². The number of anilines is 2. The Bertz CT molecular complexity index is 997. The van der Waals surface area contributed by atoms with Crippen LogP contribution in [0.25, 0.3) is 0 Å². The van der Waals surface area contributed by atoms with Crippen LogP contribution in [0.15, 0.2) is 96.7 Å². The second kappa shape index (κ2) is 9.94. The summed E-state index contributed by atoms with van der Waals surface area (Å²) in [5.74, 6) is -0.437. The number of amides is 1. The molecule has 0 atom stereocenters. The summed E-state index contributed by atoms with van der Waals surface area (Å²) in [6.07, 6.45) is 1.44. The number of nitriles is 1. The molecule has 0 bridgehead atoms. The quantitative estimate of drug-likeness (QED) is 0.456. The fourth-order valence-corrected chi connectivity index (χ4v) is 3.02. The fraction of sp³-hybridized carbons (Fsp3) is 0.120. The lowest BCUT2D eigenvalue weighted by molar-refractivity contribution is -0.117. The molecule has 0 saturated carbocycles. The number of nitrogens with zero attached hydrogens (tertiary/aromatic N) is 2. The van der Waals surface area contributed by atoms with Gasteiger partial charge in [-0.2, -0.15) is 5.26 Å². The Hall–Kier alpha value is -4.04. The minimum absolute atomic E-state index is 0.00329. The molecule has 5 nitrogen and oxygen atoms in total. The molecule has 3 aromatic carbocycles. The van der Waals surface area contributed by atoms with Crippen LogP contribution in [-0.2, 0) is 4.79 Å². The lowest BCUT2D eigenvalue weighted by atomic mass is 9.98. The average Bonchev–Trinajstić information content (AvgIpc) is 2.79. The maximum absolute atomic E-state index is 12.8. The van der Waals surface area contributed by atoms with E-state index in [0.29, 0.717) is 0 Å². The second-order valence-electron chi connectivity index (χ2n) is 6.98. The first-order chi connectivity index (χ1) is 14.6. The van der Waals surface area contributed by atoms with Gasteiger partial charge >= 0.3 is 0 Å². The van der Waals surface area contributed by atoms with Gasteiger partial charge in [-0.15, -0.1) is 0 Å². The van der Waals surface area contributed by atoms with Crippen molar-refractivity contribution in [1.82, 2.24) is 5.32 Å². The highest BCUT2D eigenvalue weighted by Crippen LogP contribution is 2.22. The zero-order valence-electron chi connectivity index (χ0n) is 17.0. The minimum atomic E-state index is -0.437. The first-order valence-corrected chi connectivity index (χ1v) is 9.63. The lowest BCUT2D eigenvalue weighted by Crippen LogP contribution is -2.30. The summed E-state index contributed by atoms with van der Waals surface area (Å²) in [5.41, 5.74) is 3.76. The SMILES string of the molecule is CN(C)c1ccc(N/C=C(/C#N)C(=O)NC(c2ccccc2)c2ccccc2)cc1. The molecule has 0 saturated heterocycles. The topological polar surface area (TPSA) is 68.2 Å². The number of rotatable bonds is 7. The highest BCUT2D eigenvalue weighted by atomic mass is 16.1. The van der Waals surface area contributed by atoms with Gasteiger partial charge in [-0.25, -0.2) is 0 Å². The first-order valence-electron chi connectivity index (χ1n) is 9.63. The van der Waals surface area contributed by atoms with E-state index in [1.165, 1.54) is 6.20 Å². The molecule has 0 aliphatic rings. The van der Waals surface area contributed by atoms with Crippen molar-refractivity contribution in [2.45, 2.75) is 6.04 Å². The molecule has 0 unspecified atom stereocenters. The average molecular weight is 396 g/mol. The first kappa shape index (κ1) is 20.7. The molecule has 30 heavy (non-hydrogen) atoms. The van der Waals surface area contributed by atoms with Crippen LogP contribution >= 0.6 is 0 Å². The van der Waals surface area contributed by atoms with Crippen molar-refractivity contribution in [1.29, 1.82) is 5.26 Å². The number of carbonyl (C=O) groups excluding carboxylic acids is 1. The largest absolute Gasteiger partial charge is 0.378 e. The van der Waals surface area contributed by atoms with Gasteiger partial charge in [0.05, 0.1) is 6.04 Å². The number of nitrogens with one attached hydrogen (secondary N) is 2. The molecule has 150 valence electrons. The van der Waals surface area contributed by atoms with Gasteiger partial charge < -0.3 is 15.5 Å². The van der Waals surface area contributed by atoms with Crippen LogP contribution in [0.3, 0.4) is 0 Å². The van der Waals surface area contributed by atoms with Gasteiger partial charge in [0.25, 0.3) is 5.91 Å². The van der Waals surface area contributed by atoms with Crippen molar-refractivity contribution in [3.05, 3.63) is 108 Å². The molecule has 0 spiro atoms. The van der Waals surface area contributed by atoms with Crippen LogP contribution in [0, 0.1) is 11.3 Å². The Morgan fingerprint density at radius 2 is 1.43 bits per heavy atom. The summed E-state index contributed by atoms with van der Waals surface area (Å²) in [6.45, 7) is 0. The molecule has 0 radical (unpaired) electrons. The van der Waals surface area contributed by atoms with Gasteiger partial charge in [-0.05, 0) is 35.4 Å². The second-order valence-corrected chi connectivity index (χ2v) is 6.98. The Morgan fingerprint density at radius 3 is 1.90 bits per heavy atom. The zero-order valence-corrected chi connectivity index (χ0v) is 17.0. The summed E-state index contributed by atoms with van der Waals surface area (Å²) in [5, 5.41) is 15.5. The summed E-state index contributed by atoms with van der Waals surface area (Å²) in [6, 6.07) is 28.8. The molecule has 0 aromatic heterocycles. The van der Waals surface area contributed by atoms with E-state index in [4.69, 9.17) is 0 Å². The highest BCUT2D eigenvalue weighted by Gasteiger charge is 2.19. The van der Waals surface area contributed by atoms with E-state index >= 15 is 0 Å². The summed E-state index contributed by atoms with van der Waals surface area (Å²) >= 11 is 0. The van der Waals surface area contributed by atoms with Crippen LogP contribution in [-0.4, -0.2) is 20.0 Å². The van der Waals surface area contributed by atoms with Gasteiger partial charge in [-0.3, -0.25) is 4.79 Å². The molecule has 0 heterocycles. The van der Waals surface area contributed by atoms with Crippen LogP contribution in [0.4, 0.5) is 11.4 Å². The number of hydrogen-bond donors (Lipinski definition) is 2. The van der Waals surface area contributed by atoms with E-state index in [9.17, 15) is 10.1 Å². The van der Waals surface area contributed by atoms with Crippen molar-refractivity contribution in [3.63, 3.8) is 0 Å². The molecule has 0 aliphatic heterocycles. The molecule has 3 rings (SSSR count). The third kappa shape index (κ3) is 5.27. The Morgan fingerprint density at radius 1 is 0.900 bits per heavy atom. The van der Waals surface area contributed by atoms with Crippen LogP contribution in [0.5, 0.6) is 0 Å². The molecule has 0 aliphatic carbocycles. The maximum atomic E-state index is 12.8. The third-order valence-electron chi connectivity index (χ3n) is 4.67. The van der Waals surface area contributed by atoms with E-state index in [-0.39, 0.29) is 11.6 Å². The lowest BCUT2D eigenvalue weighted by Gasteiger charge is -2.19. The number of benzene rings is 3. The molecule has 1 amide bonds. The molecular weight excluding hydrogens is 372 g/mol. The highest BCUT2D eigenvalue weighted by molar-refractivity contribution is 5.98. The molecule has 5 heteroatoms. The van der Waals surface area contributed by atoms with E-state index in [1.54, 1.807) is 0 Å².